The molecule has 10 heteroatoms. The summed E-state index contributed by atoms with van der Waals surface area (Å²) >= 11 is 2.93. The number of hydrogen-bond donors (Lipinski definition) is 0. The minimum absolute atomic E-state index is 0.0346. The Bertz CT molecular complexity index is 1040. The molecule has 150 valence electrons. The second-order valence-electron chi connectivity index (χ2n) is 5.93. The molecule has 1 saturated heterocycles. The van der Waals surface area contributed by atoms with E-state index in [9.17, 15) is 19.7 Å². The summed E-state index contributed by atoms with van der Waals surface area (Å²) in [7, 11) is 3.06. The second-order valence-corrected chi connectivity index (χ2v) is 8.09. The average Bonchev–Trinajstić information content (AvgIpc) is 2.95. The first-order chi connectivity index (χ1) is 13.8. The zero-order valence-electron chi connectivity index (χ0n) is 15.4. The summed E-state index contributed by atoms with van der Waals surface area (Å²) in [6.45, 7) is -0.0346. The van der Waals surface area contributed by atoms with Gasteiger partial charge in [-0.3, -0.25) is 24.6 Å². The van der Waals surface area contributed by atoms with Crippen LogP contribution in [0.5, 0.6) is 11.5 Å². The maximum absolute atomic E-state index is 12.7. The number of ether oxygens (including phenoxy) is 2. The molecule has 0 radical (unpaired) electrons. The fraction of sp³-hybridized carbons (Fsp3) is 0.158. The number of nitro benzene ring substituents is 1. The standard InChI is InChI=1S/C19H15IN2O6S/c1-27-15-8-12(7-14(20)17(15)28-2)9-16-18(23)21(19(24)29-16)10-11-4-3-5-13(6-11)22(25)26/h3-9H,10H2,1-2H3/b16-9+. The van der Waals surface area contributed by atoms with E-state index in [1.807, 2.05) is 6.07 Å². The molecule has 2 amide bonds. The van der Waals surface area contributed by atoms with Crippen molar-refractivity contribution >= 4 is 57.3 Å². The van der Waals surface area contributed by atoms with E-state index in [0.29, 0.717) is 22.6 Å². The van der Waals surface area contributed by atoms with E-state index in [1.54, 1.807) is 25.3 Å². The molecule has 0 bridgehead atoms. The molecule has 1 heterocycles. The lowest BCUT2D eigenvalue weighted by Gasteiger charge is -2.12. The third kappa shape index (κ3) is 4.53. The fourth-order valence-corrected chi connectivity index (χ4v) is 4.44. The van der Waals surface area contributed by atoms with Gasteiger partial charge in [0.25, 0.3) is 16.8 Å². The number of halogens is 1. The highest BCUT2D eigenvalue weighted by atomic mass is 127. The summed E-state index contributed by atoms with van der Waals surface area (Å²) in [5.41, 5.74) is 1.10. The Kier molecular flexibility index (Phi) is 6.42. The normalized spacial score (nSPS) is 15.1. The van der Waals surface area contributed by atoms with Crippen molar-refractivity contribution in [3.8, 4) is 11.5 Å². The highest BCUT2D eigenvalue weighted by Gasteiger charge is 2.35. The molecule has 1 aliphatic rings. The number of thioether (sulfide) groups is 1. The second kappa shape index (κ2) is 8.82. The van der Waals surface area contributed by atoms with Gasteiger partial charge < -0.3 is 9.47 Å². The van der Waals surface area contributed by atoms with E-state index in [4.69, 9.17) is 9.47 Å². The number of amides is 2. The van der Waals surface area contributed by atoms with Gasteiger partial charge in [0.15, 0.2) is 11.5 Å². The largest absolute Gasteiger partial charge is 0.493 e. The molecule has 2 aromatic carbocycles. The molecule has 0 aromatic heterocycles. The van der Waals surface area contributed by atoms with Crippen LogP contribution in [0.25, 0.3) is 6.08 Å². The van der Waals surface area contributed by atoms with Gasteiger partial charge >= 0.3 is 0 Å². The first kappa shape index (κ1) is 21.1. The van der Waals surface area contributed by atoms with E-state index in [1.165, 1.54) is 25.3 Å². The number of non-ortho nitro benzene ring substituents is 1. The number of hydrogen-bond acceptors (Lipinski definition) is 7. The molecule has 0 saturated carbocycles. The Morgan fingerprint density at radius 1 is 1.21 bits per heavy atom. The minimum Gasteiger partial charge on any atom is -0.493 e. The number of benzene rings is 2. The van der Waals surface area contributed by atoms with Crippen molar-refractivity contribution < 1.29 is 24.0 Å². The SMILES string of the molecule is COc1cc(/C=C2/SC(=O)N(Cc3cccc([N+](=O)[O-])c3)C2=O)cc(I)c1OC. The maximum Gasteiger partial charge on any atom is 0.293 e. The van der Waals surface area contributed by atoms with Gasteiger partial charge in [-0.1, -0.05) is 12.1 Å². The molecule has 1 fully saturated rings. The summed E-state index contributed by atoms with van der Waals surface area (Å²) in [6, 6.07) is 9.40. The van der Waals surface area contributed by atoms with E-state index < -0.39 is 16.1 Å². The Labute approximate surface area is 184 Å². The first-order valence-electron chi connectivity index (χ1n) is 8.24. The van der Waals surface area contributed by atoms with Crippen LogP contribution in [-0.2, 0) is 11.3 Å². The van der Waals surface area contributed by atoms with E-state index in [2.05, 4.69) is 22.6 Å². The predicted octanol–water partition coefficient (Wildman–Crippen LogP) is 4.45. The van der Waals surface area contributed by atoms with Gasteiger partial charge in [-0.15, -0.1) is 0 Å². The average molecular weight is 526 g/mol. The minimum atomic E-state index is -0.518. The topological polar surface area (TPSA) is 99.0 Å². The molecule has 0 spiro atoms. The van der Waals surface area contributed by atoms with Gasteiger partial charge in [-0.05, 0) is 63.7 Å². The number of rotatable bonds is 6. The molecule has 1 aliphatic heterocycles. The number of methoxy groups -OCH3 is 2. The van der Waals surface area contributed by atoms with Crippen LogP contribution in [0.3, 0.4) is 0 Å². The Hall–Kier alpha value is -2.60. The molecule has 0 N–H and O–H groups in total. The van der Waals surface area contributed by atoms with Crippen LogP contribution in [0, 0.1) is 13.7 Å². The van der Waals surface area contributed by atoms with Crippen LogP contribution in [0.1, 0.15) is 11.1 Å². The summed E-state index contributed by atoms with van der Waals surface area (Å²) in [6.07, 6.45) is 1.61. The van der Waals surface area contributed by atoms with Gasteiger partial charge in [0, 0.05) is 12.1 Å². The predicted molar refractivity (Wildman–Crippen MR) is 117 cm³/mol. The molecule has 0 aliphatic carbocycles. The number of carbonyl (C=O) groups is 2. The van der Waals surface area contributed by atoms with Crippen LogP contribution in [0.15, 0.2) is 41.3 Å². The van der Waals surface area contributed by atoms with E-state index >= 15 is 0 Å². The number of carbonyl (C=O) groups excluding carboxylic acids is 2. The molecule has 2 aromatic rings. The first-order valence-corrected chi connectivity index (χ1v) is 10.1. The third-order valence-corrected chi connectivity index (χ3v) is 5.80. The highest BCUT2D eigenvalue weighted by molar-refractivity contribution is 14.1. The van der Waals surface area contributed by atoms with Gasteiger partial charge in [0.1, 0.15) is 0 Å². The lowest BCUT2D eigenvalue weighted by molar-refractivity contribution is -0.384. The van der Waals surface area contributed by atoms with Crippen LogP contribution in [0.2, 0.25) is 0 Å². The lowest BCUT2D eigenvalue weighted by atomic mass is 10.1. The number of nitro groups is 1. The molecular formula is C19H15IN2O6S. The Morgan fingerprint density at radius 3 is 2.62 bits per heavy atom. The summed E-state index contributed by atoms with van der Waals surface area (Å²) in [4.78, 5) is 36.8. The van der Waals surface area contributed by atoms with Crippen molar-refractivity contribution in [1.29, 1.82) is 0 Å². The Morgan fingerprint density at radius 2 is 1.97 bits per heavy atom. The number of imide groups is 1. The quantitative estimate of drug-likeness (QED) is 0.237. The van der Waals surface area contributed by atoms with E-state index in [0.717, 1.165) is 20.2 Å². The van der Waals surface area contributed by atoms with Gasteiger partial charge in [0.05, 0.1) is 34.2 Å². The molecule has 0 unspecified atom stereocenters. The molecule has 3 rings (SSSR count). The van der Waals surface area contributed by atoms with E-state index in [-0.39, 0.29) is 17.1 Å². The highest BCUT2D eigenvalue weighted by Crippen LogP contribution is 2.37. The fourth-order valence-electron chi connectivity index (χ4n) is 2.76. The zero-order valence-corrected chi connectivity index (χ0v) is 18.4. The Balaban J connectivity index is 1.86. The van der Waals surface area contributed by atoms with Crippen LogP contribution >= 0.6 is 34.4 Å². The summed E-state index contributed by atoms with van der Waals surface area (Å²) in [5.74, 6) is 0.654. The van der Waals surface area contributed by atoms with Gasteiger partial charge in [-0.2, -0.15) is 0 Å². The molecular weight excluding hydrogens is 511 g/mol. The zero-order chi connectivity index (χ0) is 21.1. The van der Waals surface area contributed by atoms with Crippen molar-refractivity contribution in [2.24, 2.45) is 0 Å². The lowest BCUT2D eigenvalue weighted by Crippen LogP contribution is -2.27. The smallest absolute Gasteiger partial charge is 0.293 e. The maximum atomic E-state index is 12.7. The number of nitrogens with zero attached hydrogens (tertiary/aromatic N) is 2. The van der Waals surface area contributed by atoms with Crippen molar-refractivity contribution in [2.45, 2.75) is 6.54 Å². The van der Waals surface area contributed by atoms with Crippen LogP contribution < -0.4 is 9.47 Å². The van der Waals surface area contributed by atoms with Crippen molar-refractivity contribution in [2.75, 3.05) is 14.2 Å². The van der Waals surface area contributed by atoms with Crippen molar-refractivity contribution in [1.82, 2.24) is 4.90 Å². The van der Waals surface area contributed by atoms with Gasteiger partial charge in [-0.25, -0.2) is 0 Å². The van der Waals surface area contributed by atoms with Gasteiger partial charge in [0.2, 0.25) is 0 Å². The molecule has 8 nitrogen and oxygen atoms in total. The summed E-state index contributed by atoms with van der Waals surface area (Å²) in [5, 5.41) is 10.5. The van der Waals surface area contributed by atoms with Crippen LogP contribution in [0.4, 0.5) is 10.5 Å². The molecule has 0 atom stereocenters. The third-order valence-electron chi connectivity index (χ3n) is 4.09. The monoisotopic (exact) mass is 526 g/mol. The van der Waals surface area contributed by atoms with Crippen LogP contribution in [-0.4, -0.2) is 35.2 Å². The van der Waals surface area contributed by atoms with Crippen molar-refractivity contribution in [3.63, 3.8) is 0 Å². The summed E-state index contributed by atoms with van der Waals surface area (Å²) < 4.78 is 11.4. The van der Waals surface area contributed by atoms with Crippen molar-refractivity contribution in [3.05, 3.63) is 66.1 Å². The molecule has 29 heavy (non-hydrogen) atoms.